The number of carbonyl (C=O) groups is 1. The van der Waals surface area contributed by atoms with E-state index >= 15 is 0 Å². The number of nitrogens with zero attached hydrogens (tertiary/aromatic N) is 2. The molecule has 2 N–H and O–H groups in total. The van der Waals surface area contributed by atoms with Crippen molar-refractivity contribution in [2.24, 2.45) is 0 Å². The van der Waals surface area contributed by atoms with Gasteiger partial charge in [-0.2, -0.15) is 0 Å². The predicted octanol–water partition coefficient (Wildman–Crippen LogP) is 0.615. The number of nitro groups is 1. The van der Waals surface area contributed by atoms with Crippen LogP contribution in [-0.4, -0.2) is 47.9 Å². The minimum absolute atomic E-state index is 0.0210. The largest absolute Gasteiger partial charge is 0.395 e. The van der Waals surface area contributed by atoms with E-state index in [1.807, 2.05) is 0 Å². The van der Waals surface area contributed by atoms with Gasteiger partial charge in [-0.05, 0) is 6.07 Å². The molecule has 2 rings (SSSR count). The first-order valence-corrected chi connectivity index (χ1v) is 7.15. The van der Waals surface area contributed by atoms with E-state index in [2.05, 4.69) is 5.32 Å². The topological polar surface area (TPSA) is 95.7 Å². The number of nitro benzene ring substituents is 1. The highest BCUT2D eigenvalue weighted by Crippen LogP contribution is 2.37. The van der Waals surface area contributed by atoms with Crippen LogP contribution in [0.4, 0.5) is 11.4 Å². The molecule has 8 heteroatoms. The number of nitrogens with one attached hydrogen (secondary N) is 1. The summed E-state index contributed by atoms with van der Waals surface area (Å²) in [4.78, 5) is 24.9. The minimum Gasteiger partial charge on any atom is -0.395 e. The zero-order valence-electron chi connectivity index (χ0n) is 10.7. The number of aliphatic hydroxyl groups is 1. The third-order valence-electron chi connectivity index (χ3n) is 2.88. The summed E-state index contributed by atoms with van der Waals surface area (Å²) in [6.07, 6.45) is 0. The zero-order valence-corrected chi connectivity index (χ0v) is 11.6. The van der Waals surface area contributed by atoms with Crippen molar-refractivity contribution in [2.45, 2.75) is 4.90 Å². The van der Waals surface area contributed by atoms with Gasteiger partial charge in [-0.1, -0.05) is 0 Å². The molecule has 1 heterocycles. The van der Waals surface area contributed by atoms with Crippen molar-refractivity contribution in [3.63, 3.8) is 0 Å². The minimum atomic E-state index is -0.466. The van der Waals surface area contributed by atoms with E-state index in [4.69, 9.17) is 5.11 Å². The van der Waals surface area contributed by atoms with Crippen LogP contribution in [0.15, 0.2) is 23.1 Å². The SMILES string of the molecule is O=C(CNCCO)N1CCSc2ccc([N+](=O)[O-])cc21. The summed E-state index contributed by atoms with van der Waals surface area (Å²) < 4.78 is 0. The van der Waals surface area contributed by atoms with Crippen LogP contribution in [0.5, 0.6) is 0 Å². The maximum absolute atomic E-state index is 12.1. The van der Waals surface area contributed by atoms with Gasteiger partial charge in [0.05, 0.1) is 23.8 Å². The summed E-state index contributed by atoms with van der Waals surface area (Å²) in [7, 11) is 0. The van der Waals surface area contributed by atoms with Gasteiger partial charge in [0.2, 0.25) is 5.91 Å². The predicted molar refractivity (Wildman–Crippen MR) is 76.1 cm³/mol. The number of non-ortho nitro benzene ring substituents is 1. The molecule has 0 saturated carbocycles. The maximum atomic E-state index is 12.1. The van der Waals surface area contributed by atoms with Crippen LogP contribution in [0.25, 0.3) is 0 Å². The van der Waals surface area contributed by atoms with Crippen molar-refractivity contribution in [1.29, 1.82) is 0 Å². The van der Waals surface area contributed by atoms with Crippen molar-refractivity contribution in [3.05, 3.63) is 28.3 Å². The molecule has 0 aliphatic carbocycles. The molecule has 0 atom stereocenters. The number of thioether (sulfide) groups is 1. The average molecular weight is 297 g/mol. The first-order chi connectivity index (χ1) is 9.63. The second-order valence-electron chi connectivity index (χ2n) is 4.20. The smallest absolute Gasteiger partial charge is 0.271 e. The Kier molecular flexibility index (Phi) is 4.94. The maximum Gasteiger partial charge on any atom is 0.271 e. The molecule has 1 aromatic carbocycles. The van der Waals surface area contributed by atoms with Crippen LogP contribution >= 0.6 is 11.8 Å². The number of anilines is 1. The quantitative estimate of drug-likeness (QED) is 0.470. The van der Waals surface area contributed by atoms with Gasteiger partial charge in [0, 0.05) is 35.9 Å². The number of benzene rings is 1. The van der Waals surface area contributed by atoms with Crippen molar-refractivity contribution in [3.8, 4) is 0 Å². The number of carbonyl (C=O) groups excluding carboxylic acids is 1. The van der Waals surface area contributed by atoms with Gasteiger partial charge < -0.3 is 15.3 Å². The van der Waals surface area contributed by atoms with Crippen molar-refractivity contribution >= 4 is 29.0 Å². The third kappa shape index (κ3) is 3.27. The van der Waals surface area contributed by atoms with Crippen LogP contribution in [-0.2, 0) is 4.79 Å². The van der Waals surface area contributed by atoms with Gasteiger partial charge in [0.15, 0.2) is 0 Å². The lowest BCUT2D eigenvalue weighted by Gasteiger charge is -2.28. The van der Waals surface area contributed by atoms with Gasteiger partial charge in [0.1, 0.15) is 0 Å². The van der Waals surface area contributed by atoms with E-state index in [1.54, 1.807) is 22.7 Å². The van der Waals surface area contributed by atoms with E-state index in [9.17, 15) is 14.9 Å². The molecule has 0 saturated heterocycles. The van der Waals surface area contributed by atoms with E-state index in [0.717, 1.165) is 10.6 Å². The van der Waals surface area contributed by atoms with Crippen LogP contribution in [0.1, 0.15) is 0 Å². The van der Waals surface area contributed by atoms with Gasteiger partial charge in [-0.25, -0.2) is 0 Å². The highest BCUT2D eigenvalue weighted by atomic mass is 32.2. The lowest BCUT2D eigenvalue weighted by Crippen LogP contribution is -2.41. The molecule has 0 spiro atoms. The summed E-state index contributed by atoms with van der Waals surface area (Å²) in [5, 5.41) is 22.3. The van der Waals surface area contributed by atoms with E-state index in [-0.39, 0.29) is 24.7 Å². The Morgan fingerprint density at radius 2 is 2.35 bits per heavy atom. The number of amides is 1. The number of rotatable bonds is 5. The molecule has 1 aliphatic rings. The molecule has 0 fully saturated rings. The van der Waals surface area contributed by atoms with E-state index in [0.29, 0.717) is 18.8 Å². The average Bonchev–Trinajstić information content (AvgIpc) is 2.46. The Bertz CT molecular complexity index is 523. The third-order valence-corrected chi connectivity index (χ3v) is 3.93. The van der Waals surface area contributed by atoms with Crippen molar-refractivity contribution < 1.29 is 14.8 Å². The van der Waals surface area contributed by atoms with Crippen LogP contribution in [0, 0.1) is 10.1 Å². The highest BCUT2D eigenvalue weighted by molar-refractivity contribution is 7.99. The van der Waals surface area contributed by atoms with E-state index in [1.165, 1.54) is 12.1 Å². The Hall–Kier alpha value is -1.64. The van der Waals surface area contributed by atoms with Gasteiger partial charge >= 0.3 is 0 Å². The Labute approximate surface area is 120 Å². The van der Waals surface area contributed by atoms with Crippen LogP contribution in [0.3, 0.4) is 0 Å². The molecule has 0 bridgehead atoms. The van der Waals surface area contributed by atoms with Gasteiger partial charge in [0.25, 0.3) is 5.69 Å². The summed E-state index contributed by atoms with van der Waals surface area (Å²) in [6.45, 7) is 0.938. The first kappa shape index (κ1) is 14.8. The monoisotopic (exact) mass is 297 g/mol. The molecular weight excluding hydrogens is 282 g/mol. The molecular formula is C12H15N3O4S. The van der Waals surface area contributed by atoms with Gasteiger partial charge in [-0.3, -0.25) is 14.9 Å². The Balaban J connectivity index is 2.19. The Morgan fingerprint density at radius 3 is 3.05 bits per heavy atom. The lowest BCUT2D eigenvalue weighted by atomic mass is 10.2. The van der Waals surface area contributed by atoms with Crippen molar-refractivity contribution in [2.75, 3.05) is 36.9 Å². The fourth-order valence-electron chi connectivity index (χ4n) is 1.95. The lowest BCUT2D eigenvalue weighted by molar-refractivity contribution is -0.384. The second kappa shape index (κ2) is 6.69. The molecule has 7 nitrogen and oxygen atoms in total. The molecule has 20 heavy (non-hydrogen) atoms. The van der Waals surface area contributed by atoms with E-state index < -0.39 is 4.92 Å². The molecule has 0 aromatic heterocycles. The first-order valence-electron chi connectivity index (χ1n) is 6.16. The second-order valence-corrected chi connectivity index (χ2v) is 5.34. The molecule has 1 aliphatic heterocycles. The number of aliphatic hydroxyl groups excluding tert-OH is 1. The van der Waals surface area contributed by atoms with Crippen molar-refractivity contribution in [1.82, 2.24) is 5.32 Å². The summed E-state index contributed by atoms with van der Waals surface area (Å²) in [5.41, 5.74) is 0.568. The number of hydrogen-bond donors (Lipinski definition) is 2. The highest BCUT2D eigenvalue weighted by Gasteiger charge is 2.24. The molecule has 0 unspecified atom stereocenters. The molecule has 1 amide bonds. The van der Waals surface area contributed by atoms with Gasteiger partial charge in [-0.15, -0.1) is 11.8 Å². The molecule has 1 aromatic rings. The number of hydrogen-bond acceptors (Lipinski definition) is 6. The fourth-order valence-corrected chi connectivity index (χ4v) is 2.92. The zero-order chi connectivity index (χ0) is 14.5. The molecule has 0 radical (unpaired) electrons. The fraction of sp³-hybridized carbons (Fsp3) is 0.417. The number of fused-ring (bicyclic) bond motifs is 1. The van der Waals surface area contributed by atoms with Crippen LogP contribution in [0.2, 0.25) is 0 Å². The summed E-state index contributed by atoms with van der Waals surface area (Å²) >= 11 is 1.58. The van der Waals surface area contributed by atoms with Crippen LogP contribution < -0.4 is 10.2 Å². The standard InChI is InChI=1S/C12H15N3O4S/c16-5-3-13-8-12(17)14-4-6-20-11-2-1-9(15(18)19)7-10(11)14/h1-2,7,13,16H,3-6,8H2. The Morgan fingerprint density at radius 1 is 1.55 bits per heavy atom. The summed E-state index contributed by atoms with van der Waals surface area (Å²) in [5.74, 6) is 0.608. The summed E-state index contributed by atoms with van der Waals surface area (Å²) in [6, 6.07) is 4.56. The molecule has 108 valence electrons. The normalized spacial score (nSPS) is 13.9.